The molecule has 0 aliphatic carbocycles. The number of hydrogen-bond acceptors (Lipinski definition) is 5. The van der Waals surface area contributed by atoms with E-state index in [0.717, 1.165) is 50.4 Å². The molecule has 1 aromatic rings. The van der Waals surface area contributed by atoms with Gasteiger partial charge in [-0.15, -0.1) is 0 Å². The molecule has 7 heteroatoms. The van der Waals surface area contributed by atoms with E-state index in [1.165, 1.54) is 0 Å². The topological polar surface area (TPSA) is 69.6 Å². The first-order chi connectivity index (χ1) is 12.6. The molecule has 1 atom stereocenters. The molecule has 0 unspecified atom stereocenters. The Morgan fingerprint density at radius 1 is 1.08 bits per heavy atom. The predicted molar refractivity (Wildman–Crippen MR) is 99.8 cm³/mol. The van der Waals surface area contributed by atoms with Crippen LogP contribution >= 0.6 is 0 Å². The number of rotatable bonds is 4. The Morgan fingerprint density at radius 2 is 1.85 bits per heavy atom. The van der Waals surface area contributed by atoms with Crippen LogP contribution in [0.5, 0.6) is 0 Å². The first-order valence-electron chi connectivity index (χ1n) is 9.74. The largest absolute Gasteiger partial charge is 0.353 e. The minimum Gasteiger partial charge on any atom is -0.353 e. The highest BCUT2D eigenvalue weighted by molar-refractivity contribution is 5.81. The van der Waals surface area contributed by atoms with E-state index in [0.29, 0.717) is 26.1 Å². The summed E-state index contributed by atoms with van der Waals surface area (Å²) in [5.41, 5.74) is 1.04. The van der Waals surface area contributed by atoms with Gasteiger partial charge in [0, 0.05) is 57.4 Å². The zero-order valence-electron chi connectivity index (χ0n) is 15.9. The summed E-state index contributed by atoms with van der Waals surface area (Å²) in [6.07, 6.45) is 4.83. The fourth-order valence-electron chi connectivity index (χ4n) is 3.80. The number of hydrogen-bond donors (Lipinski definition) is 0. The van der Waals surface area contributed by atoms with E-state index in [4.69, 9.17) is 0 Å². The lowest BCUT2D eigenvalue weighted by molar-refractivity contribution is -0.141. The summed E-state index contributed by atoms with van der Waals surface area (Å²) >= 11 is 0. The number of carbonyl (C=O) groups is 2. The molecule has 2 saturated heterocycles. The lowest BCUT2D eigenvalue weighted by Gasteiger charge is -2.39. The van der Waals surface area contributed by atoms with Crippen LogP contribution in [0.15, 0.2) is 12.4 Å². The van der Waals surface area contributed by atoms with Gasteiger partial charge < -0.3 is 14.7 Å². The van der Waals surface area contributed by atoms with Gasteiger partial charge in [0.2, 0.25) is 11.8 Å². The molecule has 0 spiro atoms. The summed E-state index contributed by atoms with van der Waals surface area (Å²) in [7, 11) is 0. The standard InChI is InChI=1S/C19H29N5O2/c1-3-16-12-17(21-14-20-16)22-8-10-23(11-9-22)19(26)15-6-5-7-24(13-15)18(25)4-2/h12,14-15H,3-11,13H2,1-2H3/t15-/m0/s1. The molecule has 0 N–H and O–H groups in total. The number of piperazine rings is 1. The van der Waals surface area contributed by atoms with Crippen LogP contribution < -0.4 is 4.90 Å². The van der Waals surface area contributed by atoms with Crippen LogP contribution in [0.4, 0.5) is 5.82 Å². The third-order valence-corrected chi connectivity index (χ3v) is 5.41. The van der Waals surface area contributed by atoms with Gasteiger partial charge in [0.1, 0.15) is 12.1 Å². The van der Waals surface area contributed by atoms with Gasteiger partial charge >= 0.3 is 0 Å². The molecule has 2 aliphatic heterocycles. The van der Waals surface area contributed by atoms with Gasteiger partial charge in [0.15, 0.2) is 0 Å². The van der Waals surface area contributed by atoms with Crippen LogP contribution in [0, 0.1) is 5.92 Å². The van der Waals surface area contributed by atoms with Crippen molar-refractivity contribution in [1.82, 2.24) is 19.8 Å². The average Bonchev–Trinajstić information content (AvgIpc) is 2.72. The summed E-state index contributed by atoms with van der Waals surface area (Å²) < 4.78 is 0. The van der Waals surface area contributed by atoms with Gasteiger partial charge in [-0.1, -0.05) is 13.8 Å². The van der Waals surface area contributed by atoms with E-state index in [2.05, 4.69) is 21.8 Å². The number of carbonyl (C=O) groups excluding carboxylic acids is 2. The quantitative estimate of drug-likeness (QED) is 0.811. The number of amides is 2. The second kappa shape index (κ2) is 8.47. The Morgan fingerprint density at radius 3 is 2.54 bits per heavy atom. The highest BCUT2D eigenvalue weighted by Gasteiger charge is 2.32. The first kappa shape index (κ1) is 18.6. The Balaban J connectivity index is 1.55. The minimum atomic E-state index is -0.0449. The lowest BCUT2D eigenvalue weighted by atomic mass is 9.96. The maximum Gasteiger partial charge on any atom is 0.227 e. The fraction of sp³-hybridized carbons (Fsp3) is 0.684. The van der Waals surface area contributed by atoms with Crippen molar-refractivity contribution in [2.75, 3.05) is 44.2 Å². The molecule has 7 nitrogen and oxygen atoms in total. The van der Waals surface area contributed by atoms with Gasteiger partial charge in [-0.3, -0.25) is 9.59 Å². The molecule has 2 amide bonds. The van der Waals surface area contributed by atoms with Gasteiger partial charge in [0.05, 0.1) is 5.92 Å². The zero-order chi connectivity index (χ0) is 18.5. The molecular weight excluding hydrogens is 330 g/mol. The van der Waals surface area contributed by atoms with E-state index in [9.17, 15) is 9.59 Å². The van der Waals surface area contributed by atoms with Crippen molar-refractivity contribution in [2.45, 2.75) is 39.5 Å². The van der Waals surface area contributed by atoms with Crippen LogP contribution in [0.3, 0.4) is 0 Å². The van der Waals surface area contributed by atoms with Crippen molar-refractivity contribution in [3.63, 3.8) is 0 Å². The third-order valence-electron chi connectivity index (χ3n) is 5.41. The molecule has 0 bridgehead atoms. The molecule has 0 aromatic carbocycles. The number of anilines is 1. The van der Waals surface area contributed by atoms with Crippen molar-refractivity contribution in [1.29, 1.82) is 0 Å². The molecule has 26 heavy (non-hydrogen) atoms. The average molecular weight is 359 g/mol. The van der Waals surface area contributed by atoms with Crippen molar-refractivity contribution in [3.05, 3.63) is 18.1 Å². The molecule has 142 valence electrons. The van der Waals surface area contributed by atoms with Crippen molar-refractivity contribution >= 4 is 17.6 Å². The summed E-state index contributed by atoms with van der Waals surface area (Å²) in [6.45, 7) is 8.33. The Kier molecular flexibility index (Phi) is 6.06. The molecule has 0 radical (unpaired) electrons. The van der Waals surface area contributed by atoms with Gasteiger partial charge in [-0.05, 0) is 19.3 Å². The SMILES string of the molecule is CCC(=O)N1CCC[C@H](C(=O)N2CCN(c3cc(CC)ncn3)CC2)C1. The first-order valence-corrected chi connectivity index (χ1v) is 9.74. The highest BCUT2D eigenvalue weighted by Crippen LogP contribution is 2.21. The predicted octanol–water partition coefficient (Wildman–Crippen LogP) is 1.34. The van der Waals surface area contributed by atoms with Crippen molar-refractivity contribution in [3.8, 4) is 0 Å². The van der Waals surface area contributed by atoms with Crippen molar-refractivity contribution in [2.24, 2.45) is 5.92 Å². The van der Waals surface area contributed by atoms with Gasteiger partial charge in [-0.25, -0.2) is 9.97 Å². The van der Waals surface area contributed by atoms with Gasteiger partial charge in [-0.2, -0.15) is 0 Å². The molecule has 2 fully saturated rings. The second-order valence-electron chi connectivity index (χ2n) is 7.07. The monoisotopic (exact) mass is 359 g/mol. The molecule has 1 aromatic heterocycles. The molecular formula is C19H29N5O2. The van der Waals surface area contributed by atoms with Gasteiger partial charge in [0.25, 0.3) is 0 Å². The molecule has 3 heterocycles. The Labute approximate surface area is 155 Å². The Hall–Kier alpha value is -2.18. The lowest BCUT2D eigenvalue weighted by Crippen LogP contribution is -2.53. The molecule has 2 aliphatic rings. The summed E-state index contributed by atoms with van der Waals surface area (Å²) in [5.74, 6) is 1.26. The van der Waals surface area contributed by atoms with Crippen molar-refractivity contribution < 1.29 is 9.59 Å². The third kappa shape index (κ3) is 4.14. The fourth-order valence-corrected chi connectivity index (χ4v) is 3.80. The van der Waals surface area contributed by atoms with Crippen LogP contribution in [0.1, 0.15) is 38.8 Å². The van der Waals surface area contributed by atoms with E-state index in [1.807, 2.05) is 22.8 Å². The number of nitrogens with zero attached hydrogens (tertiary/aromatic N) is 5. The summed E-state index contributed by atoms with van der Waals surface area (Å²) in [6, 6.07) is 2.03. The maximum atomic E-state index is 12.9. The van der Waals surface area contributed by atoms with E-state index >= 15 is 0 Å². The van der Waals surface area contributed by atoms with Crippen LogP contribution in [0.25, 0.3) is 0 Å². The Bertz CT molecular complexity index is 643. The van der Waals surface area contributed by atoms with Crippen LogP contribution in [-0.4, -0.2) is 70.9 Å². The number of aryl methyl sites for hydroxylation is 1. The smallest absolute Gasteiger partial charge is 0.227 e. The van der Waals surface area contributed by atoms with E-state index < -0.39 is 0 Å². The number of piperidine rings is 1. The maximum absolute atomic E-state index is 12.9. The summed E-state index contributed by atoms with van der Waals surface area (Å²) in [5, 5.41) is 0. The summed E-state index contributed by atoms with van der Waals surface area (Å²) in [4.78, 5) is 39.5. The molecule has 3 rings (SSSR count). The van der Waals surface area contributed by atoms with E-state index in [-0.39, 0.29) is 17.7 Å². The molecule has 0 saturated carbocycles. The normalized spacial score (nSPS) is 21.0. The van der Waals surface area contributed by atoms with Crippen LogP contribution in [-0.2, 0) is 16.0 Å². The second-order valence-corrected chi connectivity index (χ2v) is 7.07. The minimum absolute atomic E-state index is 0.0449. The van der Waals surface area contributed by atoms with E-state index in [1.54, 1.807) is 6.33 Å². The number of likely N-dealkylation sites (tertiary alicyclic amines) is 1. The zero-order valence-corrected chi connectivity index (χ0v) is 15.9. The highest BCUT2D eigenvalue weighted by atomic mass is 16.2. The van der Waals surface area contributed by atoms with Crippen LogP contribution in [0.2, 0.25) is 0 Å². The number of aromatic nitrogens is 2.